The molecule has 1 saturated heterocycles. The maximum Gasteiger partial charge on any atom is 0.356 e. The molecule has 2 heterocycles. The Kier molecular flexibility index (Phi) is 4.49. The molecule has 2 N–H and O–H groups in total. The number of nitrogens with zero attached hydrogens (tertiary/aromatic N) is 1. The van der Waals surface area contributed by atoms with Crippen molar-refractivity contribution in [2.75, 3.05) is 18.5 Å². The zero-order valence-corrected chi connectivity index (χ0v) is 11.5. The minimum absolute atomic E-state index is 0.169. The molecule has 0 saturated carbocycles. The summed E-state index contributed by atoms with van der Waals surface area (Å²) in [5.41, 5.74) is -0.169. The van der Waals surface area contributed by atoms with Gasteiger partial charge >= 0.3 is 5.97 Å². The van der Waals surface area contributed by atoms with Crippen molar-refractivity contribution < 1.29 is 19.4 Å². The lowest BCUT2D eigenvalue weighted by Gasteiger charge is -2.08. The van der Waals surface area contributed by atoms with Gasteiger partial charge in [0.1, 0.15) is 4.88 Å². The fourth-order valence-corrected chi connectivity index (χ4v) is 2.87. The van der Waals surface area contributed by atoms with Crippen molar-refractivity contribution in [3.8, 4) is 0 Å². The number of nitrogens with one attached hydrogen (secondary N) is 1. The van der Waals surface area contributed by atoms with E-state index in [1.54, 1.807) is 0 Å². The lowest BCUT2D eigenvalue weighted by molar-refractivity contribution is 0.0687. The van der Waals surface area contributed by atoms with Gasteiger partial charge in [-0.3, -0.25) is 4.79 Å². The molecule has 104 valence electrons. The highest BCUT2D eigenvalue weighted by molar-refractivity contribution is 7.17. The first-order chi connectivity index (χ1) is 9.08. The normalized spacial score (nSPS) is 18.5. The monoisotopic (exact) mass is 284 g/mol. The van der Waals surface area contributed by atoms with Gasteiger partial charge in [-0.2, -0.15) is 0 Å². The number of ketones is 1. The molecule has 1 fully saturated rings. The SMILES string of the molecule is CC(=O)c1sc(NCCC2CCCO2)nc1C(=O)O. The predicted molar refractivity (Wildman–Crippen MR) is 71.2 cm³/mol. The van der Waals surface area contributed by atoms with Gasteiger partial charge in [-0.1, -0.05) is 11.3 Å². The molecule has 6 nitrogen and oxygen atoms in total. The van der Waals surface area contributed by atoms with Crippen molar-refractivity contribution in [1.82, 2.24) is 4.98 Å². The van der Waals surface area contributed by atoms with Crippen LogP contribution in [-0.4, -0.2) is 41.1 Å². The van der Waals surface area contributed by atoms with E-state index in [-0.39, 0.29) is 22.5 Å². The minimum atomic E-state index is -1.17. The number of hydrogen-bond acceptors (Lipinski definition) is 6. The molecule has 7 heteroatoms. The first-order valence-corrected chi connectivity index (χ1v) is 7.00. The van der Waals surface area contributed by atoms with Crippen LogP contribution < -0.4 is 5.32 Å². The van der Waals surface area contributed by atoms with Gasteiger partial charge in [0.15, 0.2) is 16.6 Å². The molecule has 1 aromatic rings. The molecule has 0 amide bonds. The summed E-state index contributed by atoms with van der Waals surface area (Å²) in [5.74, 6) is -1.45. The largest absolute Gasteiger partial charge is 0.476 e. The second-order valence-electron chi connectivity index (χ2n) is 4.41. The van der Waals surface area contributed by atoms with Gasteiger partial charge in [-0.15, -0.1) is 0 Å². The van der Waals surface area contributed by atoms with Crippen molar-refractivity contribution in [2.24, 2.45) is 0 Å². The molecule has 1 unspecified atom stereocenters. The Morgan fingerprint density at radius 3 is 2.89 bits per heavy atom. The highest BCUT2D eigenvalue weighted by atomic mass is 32.1. The van der Waals surface area contributed by atoms with Crippen LogP contribution in [-0.2, 0) is 4.74 Å². The molecule has 0 spiro atoms. The summed E-state index contributed by atoms with van der Waals surface area (Å²) in [5, 5.41) is 12.5. The number of aromatic nitrogens is 1. The van der Waals surface area contributed by atoms with Crippen LogP contribution in [0.3, 0.4) is 0 Å². The maximum atomic E-state index is 11.3. The Morgan fingerprint density at radius 1 is 1.58 bits per heavy atom. The van der Waals surface area contributed by atoms with Crippen LogP contribution in [0.2, 0.25) is 0 Å². The summed E-state index contributed by atoms with van der Waals surface area (Å²) in [6, 6.07) is 0. The van der Waals surface area contributed by atoms with Gasteiger partial charge in [-0.25, -0.2) is 9.78 Å². The Balaban J connectivity index is 1.94. The zero-order chi connectivity index (χ0) is 13.8. The number of thiazole rings is 1. The second kappa shape index (κ2) is 6.12. The number of anilines is 1. The quantitative estimate of drug-likeness (QED) is 0.777. The standard InChI is InChI=1S/C12H16N2O4S/c1-7(15)10-9(11(16)17)14-12(19-10)13-5-4-8-3-2-6-18-8/h8H,2-6H2,1H3,(H,13,14)(H,16,17). The molecule has 1 atom stereocenters. The summed E-state index contributed by atoms with van der Waals surface area (Å²) in [6.45, 7) is 2.82. The van der Waals surface area contributed by atoms with E-state index in [1.165, 1.54) is 6.92 Å². The van der Waals surface area contributed by atoms with Crippen LogP contribution in [0, 0.1) is 0 Å². The number of carbonyl (C=O) groups excluding carboxylic acids is 1. The van der Waals surface area contributed by atoms with Crippen LogP contribution in [0.1, 0.15) is 46.3 Å². The van der Waals surface area contributed by atoms with Crippen molar-refractivity contribution in [2.45, 2.75) is 32.3 Å². The van der Waals surface area contributed by atoms with Crippen molar-refractivity contribution in [1.29, 1.82) is 0 Å². The second-order valence-corrected chi connectivity index (χ2v) is 5.41. The van der Waals surface area contributed by atoms with Gasteiger partial charge in [0.05, 0.1) is 6.10 Å². The Hall–Kier alpha value is -1.47. The fraction of sp³-hybridized carbons (Fsp3) is 0.583. The van der Waals surface area contributed by atoms with E-state index in [1.807, 2.05) is 0 Å². The maximum absolute atomic E-state index is 11.3. The van der Waals surface area contributed by atoms with E-state index in [9.17, 15) is 9.59 Å². The number of rotatable bonds is 6. The van der Waals surface area contributed by atoms with Crippen LogP contribution in [0.25, 0.3) is 0 Å². The Bertz CT molecular complexity index is 449. The lowest BCUT2D eigenvalue weighted by atomic mass is 10.2. The van der Waals surface area contributed by atoms with E-state index in [0.29, 0.717) is 11.7 Å². The molecule has 0 aliphatic carbocycles. The molecule has 2 rings (SSSR count). The van der Waals surface area contributed by atoms with E-state index in [0.717, 1.165) is 37.2 Å². The van der Waals surface area contributed by atoms with Gasteiger partial charge in [-0.05, 0) is 19.3 Å². The third-order valence-electron chi connectivity index (χ3n) is 2.92. The summed E-state index contributed by atoms with van der Waals surface area (Å²) >= 11 is 1.09. The molecule has 1 aromatic heterocycles. The van der Waals surface area contributed by atoms with Crippen molar-refractivity contribution in [3.63, 3.8) is 0 Å². The van der Waals surface area contributed by atoms with Gasteiger partial charge in [0, 0.05) is 20.1 Å². The summed E-state index contributed by atoms with van der Waals surface area (Å²) in [6.07, 6.45) is 3.30. The van der Waals surface area contributed by atoms with E-state index in [2.05, 4.69) is 10.3 Å². The van der Waals surface area contributed by atoms with Gasteiger partial charge in [0.25, 0.3) is 0 Å². The molecule has 19 heavy (non-hydrogen) atoms. The third kappa shape index (κ3) is 3.51. The summed E-state index contributed by atoms with van der Waals surface area (Å²) in [4.78, 5) is 26.4. The van der Waals surface area contributed by atoms with Crippen LogP contribution in [0.4, 0.5) is 5.13 Å². The van der Waals surface area contributed by atoms with E-state index < -0.39 is 5.97 Å². The minimum Gasteiger partial charge on any atom is -0.476 e. The van der Waals surface area contributed by atoms with Gasteiger partial charge < -0.3 is 15.2 Å². The van der Waals surface area contributed by atoms with Gasteiger partial charge in [0.2, 0.25) is 0 Å². The molecule has 0 aromatic carbocycles. The average Bonchev–Trinajstić information content (AvgIpc) is 2.97. The first kappa shape index (κ1) is 14.0. The Morgan fingerprint density at radius 2 is 2.37 bits per heavy atom. The fourth-order valence-electron chi connectivity index (χ4n) is 1.99. The topological polar surface area (TPSA) is 88.5 Å². The highest BCUT2D eigenvalue weighted by Crippen LogP contribution is 2.24. The number of aromatic carboxylic acids is 1. The summed E-state index contributed by atoms with van der Waals surface area (Å²) < 4.78 is 5.49. The molecule has 0 bridgehead atoms. The van der Waals surface area contributed by atoms with Crippen molar-refractivity contribution >= 4 is 28.2 Å². The average molecular weight is 284 g/mol. The van der Waals surface area contributed by atoms with Crippen LogP contribution in [0.15, 0.2) is 0 Å². The Labute approximate surface area is 114 Å². The number of carbonyl (C=O) groups is 2. The molecule has 1 aliphatic rings. The molecular formula is C12H16N2O4S. The summed E-state index contributed by atoms with van der Waals surface area (Å²) in [7, 11) is 0. The lowest BCUT2D eigenvalue weighted by Crippen LogP contribution is -2.12. The predicted octanol–water partition coefficient (Wildman–Crippen LogP) is 2.02. The van der Waals surface area contributed by atoms with Crippen molar-refractivity contribution in [3.05, 3.63) is 10.6 Å². The molecular weight excluding hydrogens is 268 g/mol. The first-order valence-electron chi connectivity index (χ1n) is 6.18. The van der Waals surface area contributed by atoms with E-state index in [4.69, 9.17) is 9.84 Å². The number of carboxylic acids is 1. The molecule has 1 aliphatic heterocycles. The van der Waals surface area contributed by atoms with Crippen LogP contribution in [0.5, 0.6) is 0 Å². The number of Topliss-reactive ketones (excluding diaryl/α,β-unsaturated/α-hetero) is 1. The van der Waals surface area contributed by atoms with Crippen LogP contribution >= 0.6 is 11.3 Å². The number of ether oxygens (including phenoxy) is 1. The number of carboxylic acid groups (broad SMARTS) is 1. The smallest absolute Gasteiger partial charge is 0.356 e. The van der Waals surface area contributed by atoms with E-state index >= 15 is 0 Å². The zero-order valence-electron chi connectivity index (χ0n) is 10.6. The number of hydrogen-bond donors (Lipinski definition) is 2. The third-order valence-corrected chi connectivity index (χ3v) is 4.03. The molecule has 0 radical (unpaired) electrons. The highest BCUT2D eigenvalue weighted by Gasteiger charge is 2.21.